The molecular weight excluding hydrogens is 302 g/mol. The Morgan fingerprint density at radius 2 is 1.78 bits per heavy atom. The Hall–Kier alpha value is -1.80. The van der Waals surface area contributed by atoms with Crippen molar-refractivity contribution in [1.82, 2.24) is 4.90 Å². The van der Waals surface area contributed by atoms with Crippen molar-refractivity contribution in [3.05, 3.63) is 35.4 Å². The first-order valence-electron chi connectivity index (χ1n) is 7.45. The van der Waals surface area contributed by atoms with Gasteiger partial charge >= 0.3 is 0 Å². The molecule has 1 aromatic carbocycles. The molecule has 0 spiro atoms. The number of imide groups is 1. The van der Waals surface area contributed by atoms with Crippen molar-refractivity contribution in [2.24, 2.45) is 5.92 Å². The van der Waals surface area contributed by atoms with Gasteiger partial charge in [0.05, 0.1) is 29.9 Å². The van der Waals surface area contributed by atoms with E-state index in [1.165, 1.54) is 7.11 Å². The number of rotatable bonds is 3. The predicted molar refractivity (Wildman–Crippen MR) is 78.7 cm³/mol. The van der Waals surface area contributed by atoms with Crippen LogP contribution in [0.4, 0.5) is 0 Å². The lowest BCUT2D eigenvalue weighted by Gasteiger charge is -2.45. The van der Waals surface area contributed by atoms with Crippen molar-refractivity contribution >= 4 is 11.8 Å². The monoisotopic (exact) mass is 321 g/mol. The maximum absolute atomic E-state index is 12.6. The van der Waals surface area contributed by atoms with Crippen molar-refractivity contribution in [1.29, 1.82) is 0 Å². The van der Waals surface area contributed by atoms with Crippen LogP contribution in [0.2, 0.25) is 0 Å². The number of aliphatic hydroxyl groups is 2. The van der Waals surface area contributed by atoms with Crippen LogP contribution in [0, 0.1) is 5.92 Å². The number of fused-ring (bicyclic) bond motifs is 1. The number of aliphatic hydroxyl groups excluding tert-OH is 2. The second-order valence-electron chi connectivity index (χ2n) is 5.83. The van der Waals surface area contributed by atoms with Crippen molar-refractivity contribution in [3.8, 4) is 0 Å². The number of carbonyl (C=O) groups excluding carboxylic acids is 2. The van der Waals surface area contributed by atoms with Gasteiger partial charge < -0.3 is 19.7 Å². The molecule has 124 valence electrons. The van der Waals surface area contributed by atoms with Gasteiger partial charge in [-0.3, -0.25) is 14.5 Å². The fraction of sp³-hybridized carbons (Fsp3) is 0.500. The molecule has 2 heterocycles. The van der Waals surface area contributed by atoms with E-state index in [0.717, 1.165) is 4.90 Å². The van der Waals surface area contributed by atoms with E-state index in [2.05, 4.69) is 0 Å². The molecule has 2 unspecified atom stereocenters. The highest BCUT2D eigenvalue weighted by Gasteiger charge is 2.52. The fourth-order valence-electron chi connectivity index (χ4n) is 3.23. The van der Waals surface area contributed by atoms with Crippen LogP contribution in [0.5, 0.6) is 0 Å². The van der Waals surface area contributed by atoms with Crippen LogP contribution in [-0.2, 0) is 9.47 Å². The summed E-state index contributed by atoms with van der Waals surface area (Å²) in [6, 6.07) is 5.55. The zero-order valence-electron chi connectivity index (χ0n) is 12.9. The summed E-state index contributed by atoms with van der Waals surface area (Å²) < 4.78 is 10.8. The first-order valence-corrected chi connectivity index (χ1v) is 7.45. The van der Waals surface area contributed by atoms with Gasteiger partial charge in [0.15, 0.2) is 6.29 Å². The lowest BCUT2D eigenvalue weighted by molar-refractivity contribution is -0.256. The van der Waals surface area contributed by atoms with Crippen molar-refractivity contribution in [2.75, 3.05) is 13.7 Å². The fourth-order valence-corrected chi connectivity index (χ4v) is 3.23. The SMILES string of the molecule is CO[C@@H]1OC(CO)[C@H](C)[C@H](O)C1N1C(=O)c2ccccc2C1=O. The van der Waals surface area contributed by atoms with Gasteiger partial charge in [0, 0.05) is 13.0 Å². The van der Waals surface area contributed by atoms with Gasteiger partial charge in [-0.15, -0.1) is 0 Å². The summed E-state index contributed by atoms with van der Waals surface area (Å²) in [4.78, 5) is 26.2. The molecular formula is C16H19NO6. The molecule has 2 N–H and O–H groups in total. The van der Waals surface area contributed by atoms with E-state index in [9.17, 15) is 19.8 Å². The van der Waals surface area contributed by atoms with Crippen molar-refractivity contribution < 1.29 is 29.3 Å². The summed E-state index contributed by atoms with van der Waals surface area (Å²) in [7, 11) is 1.37. The number of amides is 2. The molecule has 1 fully saturated rings. The molecule has 3 rings (SSSR count). The second kappa shape index (κ2) is 6.01. The average Bonchev–Trinajstić information content (AvgIpc) is 2.82. The molecule has 0 aromatic heterocycles. The minimum Gasteiger partial charge on any atom is -0.394 e. The Morgan fingerprint density at radius 3 is 2.26 bits per heavy atom. The maximum Gasteiger partial charge on any atom is 0.262 e. The summed E-state index contributed by atoms with van der Waals surface area (Å²) in [5, 5.41) is 19.9. The minimum absolute atomic E-state index is 0.285. The third-order valence-corrected chi connectivity index (χ3v) is 4.60. The lowest BCUT2D eigenvalue weighted by atomic mass is 9.88. The van der Waals surface area contributed by atoms with E-state index in [-0.39, 0.29) is 6.61 Å². The number of methoxy groups -OCH3 is 1. The maximum atomic E-state index is 12.6. The molecule has 5 atom stereocenters. The zero-order valence-corrected chi connectivity index (χ0v) is 12.9. The molecule has 0 bridgehead atoms. The number of hydrogen-bond donors (Lipinski definition) is 2. The third-order valence-electron chi connectivity index (χ3n) is 4.60. The van der Waals surface area contributed by atoms with Gasteiger partial charge in [0.2, 0.25) is 0 Å². The van der Waals surface area contributed by atoms with Crippen LogP contribution in [-0.4, -0.2) is 65.2 Å². The van der Waals surface area contributed by atoms with Gasteiger partial charge in [0.25, 0.3) is 11.8 Å². The van der Waals surface area contributed by atoms with E-state index < -0.39 is 42.3 Å². The predicted octanol–water partition coefficient (Wildman–Crippen LogP) is 0.0118. The third kappa shape index (κ3) is 2.36. The van der Waals surface area contributed by atoms with Crippen molar-refractivity contribution in [3.63, 3.8) is 0 Å². The molecule has 2 aliphatic rings. The van der Waals surface area contributed by atoms with E-state index >= 15 is 0 Å². The molecule has 2 aliphatic heterocycles. The molecule has 23 heavy (non-hydrogen) atoms. The molecule has 0 radical (unpaired) electrons. The normalized spacial score (nSPS) is 33.9. The topological polar surface area (TPSA) is 96.3 Å². The quantitative estimate of drug-likeness (QED) is 0.762. The standard InChI is InChI=1S/C16H19NO6/c1-8-11(7-18)23-16(22-2)12(13(8)19)17-14(20)9-5-3-4-6-10(9)15(17)21/h3-6,8,11-13,16,18-19H,7H2,1-2H3/t8-,11?,12?,13-,16+/m0/s1. The smallest absolute Gasteiger partial charge is 0.262 e. The Kier molecular flexibility index (Phi) is 4.20. The highest BCUT2D eigenvalue weighted by Crippen LogP contribution is 2.34. The Bertz CT molecular complexity index is 596. The Labute approximate surface area is 133 Å². The molecule has 1 saturated heterocycles. The van der Waals surface area contributed by atoms with Crippen LogP contribution < -0.4 is 0 Å². The molecule has 2 amide bonds. The minimum atomic E-state index is -1.06. The summed E-state index contributed by atoms with van der Waals surface area (Å²) in [5.74, 6) is -1.41. The summed E-state index contributed by atoms with van der Waals surface area (Å²) in [6.07, 6.45) is -2.69. The number of carbonyl (C=O) groups is 2. The zero-order chi connectivity index (χ0) is 16.7. The first kappa shape index (κ1) is 16.1. The number of benzene rings is 1. The second-order valence-corrected chi connectivity index (χ2v) is 5.83. The lowest BCUT2D eigenvalue weighted by Crippen LogP contribution is -2.63. The molecule has 7 nitrogen and oxygen atoms in total. The highest BCUT2D eigenvalue weighted by molar-refractivity contribution is 6.21. The van der Waals surface area contributed by atoms with Gasteiger partial charge in [-0.2, -0.15) is 0 Å². The van der Waals surface area contributed by atoms with Gasteiger partial charge in [-0.1, -0.05) is 19.1 Å². The van der Waals surface area contributed by atoms with Crippen LogP contribution >= 0.6 is 0 Å². The van der Waals surface area contributed by atoms with Crippen LogP contribution in [0.1, 0.15) is 27.6 Å². The summed E-state index contributed by atoms with van der Waals surface area (Å²) in [6.45, 7) is 1.41. The van der Waals surface area contributed by atoms with Gasteiger partial charge in [0.1, 0.15) is 6.04 Å². The molecule has 7 heteroatoms. The Balaban J connectivity index is 1.97. The summed E-state index contributed by atoms with van der Waals surface area (Å²) >= 11 is 0. The van der Waals surface area contributed by atoms with Crippen molar-refractivity contribution in [2.45, 2.75) is 31.5 Å². The highest BCUT2D eigenvalue weighted by atomic mass is 16.7. The number of nitrogens with zero attached hydrogens (tertiary/aromatic N) is 1. The van der Waals surface area contributed by atoms with Crippen LogP contribution in [0.15, 0.2) is 24.3 Å². The average molecular weight is 321 g/mol. The summed E-state index contributed by atoms with van der Waals surface area (Å²) in [5.41, 5.74) is 0.605. The Morgan fingerprint density at radius 1 is 1.22 bits per heavy atom. The van der Waals surface area contributed by atoms with E-state index in [4.69, 9.17) is 9.47 Å². The van der Waals surface area contributed by atoms with Crippen LogP contribution in [0.3, 0.4) is 0 Å². The van der Waals surface area contributed by atoms with Crippen LogP contribution in [0.25, 0.3) is 0 Å². The van der Waals surface area contributed by atoms with E-state index in [1.54, 1.807) is 31.2 Å². The number of ether oxygens (including phenoxy) is 2. The largest absolute Gasteiger partial charge is 0.394 e. The van der Waals surface area contributed by atoms with E-state index in [0.29, 0.717) is 11.1 Å². The van der Waals surface area contributed by atoms with Gasteiger partial charge in [-0.05, 0) is 12.1 Å². The molecule has 0 saturated carbocycles. The molecule has 1 aromatic rings. The molecule has 0 aliphatic carbocycles. The van der Waals surface area contributed by atoms with E-state index in [1.807, 2.05) is 0 Å². The number of hydrogen-bond acceptors (Lipinski definition) is 6. The van der Waals surface area contributed by atoms with Gasteiger partial charge in [-0.25, -0.2) is 0 Å². The first-order chi connectivity index (χ1) is 11.0.